The Kier molecular flexibility index (Phi) is 5.75. The molecule has 9 heteroatoms. The maximum absolute atomic E-state index is 12.8. The van der Waals surface area contributed by atoms with Gasteiger partial charge in [0.1, 0.15) is 0 Å². The summed E-state index contributed by atoms with van der Waals surface area (Å²) in [5, 5.41) is 11.2. The molecule has 1 fully saturated rings. The van der Waals surface area contributed by atoms with Gasteiger partial charge in [0.2, 0.25) is 5.91 Å². The van der Waals surface area contributed by atoms with Gasteiger partial charge in [0.05, 0.1) is 11.7 Å². The lowest BCUT2D eigenvalue weighted by atomic mass is 9.95. The summed E-state index contributed by atoms with van der Waals surface area (Å²) in [5.41, 5.74) is 1.50. The lowest BCUT2D eigenvalue weighted by Gasteiger charge is -2.34. The molecule has 2 heterocycles. The first-order chi connectivity index (χ1) is 11.4. The van der Waals surface area contributed by atoms with Gasteiger partial charge in [-0.25, -0.2) is 8.42 Å². The second-order valence-electron chi connectivity index (χ2n) is 6.20. The second-order valence-corrected chi connectivity index (χ2v) is 8.53. The molecule has 0 atom stereocenters. The van der Waals surface area contributed by atoms with E-state index in [1.807, 2.05) is 23.7 Å². The maximum atomic E-state index is 12.8. The molecule has 1 aromatic carbocycles. The third kappa shape index (κ3) is 3.51. The van der Waals surface area contributed by atoms with Gasteiger partial charge in [0.25, 0.3) is 0 Å². The molecule has 0 saturated carbocycles. The Morgan fingerprint density at radius 3 is 2.64 bits per heavy atom. The number of hydrogen-bond donors (Lipinski definition) is 2. The number of hydrogen-bond acceptors (Lipinski definition) is 5. The number of sulfone groups is 1. The normalized spacial score (nSPS) is 17.0. The highest BCUT2D eigenvalue weighted by molar-refractivity contribution is 7.92. The van der Waals surface area contributed by atoms with Crippen LogP contribution in [0, 0.1) is 0 Å². The summed E-state index contributed by atoms with van der Waals surface area (Å²) in [6.45, 7) is 3.75. The van der Waals surface area contributed by atoms with Crippen LogP contribution in [0.25, 0.3) is 10.9 Å². The topological polar surface area (TPSA) is 93.1 Å². The van der Waals surface area contributed by atoms with Gasteiger partial charge in [-0.15, -0.1) is 12.4 Å². The molecule has 0 aliphatic carbocycles. The van der Waals surface area contributed by atoms with E-state index >= 15 is 0 Å². The largest absolute Gasteiger partial charge is 0.325 e. The van der Waals surface area contributed by atoms with Gasteiger partial charge in [-0.3, -0.25) is 9.48 Å². The Labute approximate surface area is 153 Å². The number of anilines is 1. The molecule has 3 rings (SSSR count). The number of amides is 1. The number of aromatic nitrogens is 2. The van der Waals surface area contributed by atoms with E-state index in [9.17, 15) is 13.2 Å². The minimum absolute atomic E-state index is 0. The predicted molar refractivity (Wildman–Crippen MR) is 101 cm³/mol. The Morgan fingerprint density at radius 2 is 2.04 bits per heavy atom. The number of carbonyl (C=O) groups excluding carboxylic acids is 1. The van der Waals surface area contributed by atoms with Crippen LogP contribution in [0.3, 0.4) is 0 Å². The van der Waals surface area contributed by atoms with Crippen molar-refractivity contribution in [2.75, 3.05) is 24.7 Å². The number of benzene rings is 1. The van der Waals surface area contributed by atoms with Crippen molar-refractivity contribution in [2.24, 2.45) is 0 Å². The first kappa shape index (κ1) is 19.7. The fourth-order valence-electron chi connectivity index (χ4n) is 3.24. The zero-order valence-electron chi connectivity index (χ0n) is 14.3. The van der Waals surface area contributed by atoms with Gasteiger partial charge in [0, 0.05) is 23.9 Å². The fraction of sp³-hybridized carbons (Fsp3) is 0.500. The van der Waals surface area contributed by atoms with Gasteiger partial charge in [-0.05, 0) is 51.1 Å². The summed E-state index contributed by atoms with van der Waals surface area (Å²) in [7, 11) is -3.52. The highest BCUT2D eigenvalue weighted by Gasteiger charge is 2.48. The first-order valence-electron chi connectivity index (χ1n) is 8.05. The van der Waals surface area contributed by atoms with Gasteiger partial charge < -0.3 is 10.6 Å². The molecule has 1 aromatic heterocycles. The van der Waals surface area contributed by atoms with Gasteiger partial charge in [-0.1, -0.05) is 0 Å². The number of piperidine rings is 1. The molecule has 0 spiro atoms. The van der Waals surface area contributed by atoms with E-state index in [4.69, 9.17) is 0 Å². The average Bonchev–Trinajstić information content (AvgIpc) is 2.96. The molecule has 1 saturated heterocycles. The molecular formula is C16H23ClN4O3S. The molecule has 25 heavy (non-hydrogen) atoms. The molecule has 7 nitrogen and oxygen atoms in total. The molecule has 0 radical (unpaired) electrons. The fourth-order valence-corrected chi connectivity index (χ4v) is 4.58. The first-order valence-corrected chi connectivity index (χ1v) is 9.94. The molecule has 138 valence electrons. The summed E-state index contributed by atoms with van der Waals surface area (Å²) >= 11 is 0. The Balaban J connectivity index is 0.00000225. The predicted octanol–water partition coefficient (Wildman–Crippen LogP) is 1.58. The molecule has 0 unspecified atom stereocenters. The summed E-state index contributed by atoms with van der Waals surface area (Å²) in [6.07, 6.45) is 3.49. The molecule has 2 aromatic rings. The maximum Gasteiger partial charge on any atom is 0.245 e. The SMILES string of the molecule is CCn1ncc2ccc(NC(=O)C3(S(C)(=O)=O)CCNCC3)cc21.Cl. The van der Waals surface area contributed by atoms with E-state index in [0.717, 1.165) is 23.7 Å². The highest BCUT2D eigenvalue weighted by Crippen LogP contribution is 2.30. The number of rotatable bonds is 4. The molecular weight excluding hydrogens is 364 g/mol. The van der Waals surface area contributed by atoms with E-state index < -0.39 is 20.5 Å². The van der Waals surface area contributed by atoms with Crippen LogP contribution in [0.2, 0.25) is 0 Å². The molecule has 1 amide bonds. The number of nitrogens with zero attached hydrogens (tertiary/aromatic N) is 2. The zero-order chi connectivity index (χ0) is 17.4. The molecule has 2 N–H and O–H groups in total. The number of aryl methyl sites for hydroxylation is 1. The third-order valence-corrected chi connectivity index (χ3v) is 6.75. The summed E-state index contributed by atoms with van der Waals surface area (Å²) in [5.74, 6) is -0.451. The number of carbonyl (C=O) groups is 1. The number of fused-ring (bicyclic) bond motifs is 1. The molecule has 0 bridgehead atoms. The van der Waals surface area contributed by atoms with Gasteiger partial charge in [-0.2, -0.15) is 5.10 Å². The van der Waals surface area contributed by atoms with E-state index in [1.54, 1.807) is 12.3 Å². The summed E-state index contributed by atoms with van der Waals surface area (Å²) < 4.78 is 25.1. The molecule has 1 aliphatic rings. The van der Waals surface area contributed by atoms with Crippen LogP contribution < -0.4 is 10.6 Å². The zero-order valence-corrected chi connectivity index (χ0v) is 15.9. The van der Waals surface area contributed by atoms with Crippen molar-refractivity contribution in [3.8, 4) is 0 Å². The number of halogens is 1. The van der Waals surface area contributed by atoms with Crippen LogP contribution in [0.15, 0.2) is 24.4 Å². The monoisotopic (exact) mass is 386 g/mol. The van der Waals surface area contributed by atoms with E-state index in [0.29, 0.717) is 18.8 Å². The second kappa shape index (κ2) is 7.31. The smallest absolute Gasteiger partial charge is 0.245 e. The minimum atomic E-state index is -3.52. The van der Waals surface area contributed by atoms with Gasteiger partial charge >= 0.3 is 0 Å². The van der Waals surface area contributed by atoms with Crippen LogP contribution in [0.5, 0.6) is 0 Å². The summed E-state index contributed by atoms with van der Waals surface area (Å²) in [4.78, 5) is 12.8. The third-order valence-electron chi connectivity index (χ3n) is 4.74. The molecule has 1 aliphatic heterocycles. The summed E-state index contributed by atoms with van der Waals surface area (Å²) in [6, 6.07) is 5.49. The Hall–Kier alpha value is -1.64. The highest BCUT2D eigenvalue weighted by atomic mass is 35.5. The van der Waals surface area contributed by atoms with Crippen LogP contribution in [-0.2, 0) is 21.2 Å². The van der Waals surface area contributed by atoms with Crippen molar-refractivity contribution < 1.29 is 13.2 Å². The van der Waals surface area contributed by atoms with Gasteiger partial charge in [0.15, 0.2) is 14.6 Å². The van der Waals surface area contributed by atoms with Crippen molar-refractivity contribution >= 4 is 44.7 Å². The van der Waals surface area contributed by atoms with Crippen molar-refractivity contribution in [1.82, 2.24) is 15.1 Å². The van der Waals surface area contributed by atoms with Crippen molar-refractivity contribution in [3.05, 3.63) is 24.4 Å². The van der Waals surface area contributed by atoms with E-state index in [-0.39, 0.29) is 25.2 Å². The number of nitrogens with one attached hydrogen (secondary N) is 2. The standard InChI is InChI=1S/C16H22N4O3S.ClH/c1-3-20-14-10-13(5-4-12(14)11-18-20)19-15(21)16(24(2,22)23)6-8-17-9-7-16;/h4-5,10-11,17H,3,6-9H2,1-2H3,(H,19,21);1H. The lowest BCUT2D eigenvalue weighted by molar-refractivity contribution is -0.119. The van der Waals surface area contributed by atoms with Crippen LogP contribution in [0.1, 0.15) is 19.8 Å². The lowest BCUT2D eigenvalue weighted by Crippen LogP contribution is -2.55. The van der Waals surface area contributed by atoms with Crippen molar-refractivity contribution in [2.45, 2.75) is 31.1 Å². The van der Waals surface area contributed by atoms with Crippen molar-refractivity contribution in [3.63, 3.8) is 0 Å². The van der Waals surface area contributed by atoms with Crippen molar-refractivity contribution in [1.29, 1.82) is 0 Å². The van der Waals surface area contributed by atoms with Crippen LogP contribution in [-0.4, -0.2) is 48.2 Å². The van der Waals surface area contributed by atoms with E-state index in [2.05, 4.69) is 15.7 Å². The van der Waals surface area contributed by atoms with Crippen LogP contribution in [0.4, 0.5) is 5.69 Å². The quantitative estimate of drug-likeness (QED) is 0.832. The Bertz CT molecular complexity index is 873. The van der Waals surface area contributed by atoms with E-state index in [1.165, 1.54) is 0 Å². The Morgan fingerprint density at radius 1 is 1.36 bits per heavy atom. The minimum Gasteiger partial charge on any atom is -0.325 e. The van der Waals surface area contributed by atoms with Crippen LogP contribution >= 0.6 is 12.4 Å². The average molecular weight is 387 g/mol.